The van der Waals surface area contributed by atoms with Crippen LogP contribution in [0, 0.1) is 5.95 Å². The van der Waals surface area contributed by atoms with Crippen LogP contribution in [0.4, 0.5) is 9.18 Å². The normalized spacial score (nSPS) is 18.9. The number of likely N-dealkylation sites (N-methyl/N-ethyl adjacent to an activating group) is 1. The molecule has 0 bridgehead atoms. The van der Waals surface area contributed by atoms with Crippen molar-refractivity contribution in [3.05, 3.63) is 71.2 Å². The summed E-state index contributed by atoms with van der Waals surface area (Å²) in [5.41, 5.74) is 2.07. The molecular formula is C40H55BFN5O7. The zero-order chi connectivity index (χ0) is 39.4. The SMILES string of the molecule is CC/C(B1OC(C)(C)C(C)(C)O1)=C(/c1ccc(OCCN(C/C=C/C(=O)N(C)C)C(=O)OC(C)(C)C)nc1)c1ccc2c(c1)c(F)nn2C1CCCCO1. The fourth-order valence-electron chi connectivity index (χ4n) is 6.27. The minimum absolute atomic E-state index is 0.128. The monoisotopic (exact) mass is 747 g/mol. The highest BCUT2D eigenvalue weighted by Crippen LogP contribution is 2.42. The Bertz CT molecular complexity index is 1840. The van der Waals surface area contributed by atoms with E-state index in [-0.39, 0.29) is 31.8 Å². The summed E-state index contributed by atoms with van der Waals surface area (Å²) in [6.07, 6.45) is 7.27. The van der Waals surface area contributed by atoms with E-state index < -0.39 is 36.0 Å². The number of ether oxygens (including phenoxy) is 3. The number of carbonyl (C=O) groups is 2. The first-order chi connectivity index (χ1) is 25.4. The van der Waals surface area contributed by atoms with E-state index in [0.29, 0.717) is 29.8 Å². The number of amides is 2. The number of allylic oxidation sites excluding steroid dienone is 1. The molecule has 1 atom stereocenters. The van der Waals surface area contributed by atoms with Gasteiger partial charge in [0.1, 0.15) is 12.2 Å². The molecule has 2 fully saturated rings. The van der Waals surface area contributed by atoms with Gasteiger partial charge >= 0.3 is 13.2 Å². The second-order valence-electron chi connectivity index (χ2n) is 15.9. The van der Waals surface area contributed by atoms with Crippen LogP contribution in [-0.2, 0) is 23.6 Å². The number of pyridine rings is 1. The molecule has 1 aromatic carbocycles. The molecule has 2 aliphatic heterocycles. The predicted octanol–water partition coefficient (Wildman–Crippen LogP) is 7.37. The van der Waals surface area contributed by atoms with Gasteiger partial charge in [0.05, 0.1) is 28.6 Å². The Kier molecular flexibility index (Phi) is 12.6. The third-order valence-electron chi connectivity index (χ3n) is 9.93. The van der Waals surface area contributed by atoms with Gasteiger partial charge in [-0.25, -0.2) is 14.5 Å². The number of aromatic nitrogens is 3. The van der Waals surface area contributed by atoms with Gasteiger partial charge < -0.3 is 33.3 Å². The standard InChI is InChI=1S/C40H55BFN5O7/c1-11-30(41-53-39(5,6)40(7,8)54-41)35(27-17-19-31-29(25-27)36(42)44-47(31)34-16-12-13-23-51-34)28-18-20-32(43-26-28)50-24-22-46(37(49)52-38(2,3)4)21-14-15-33(48)45(9)10/h14-15,17-20,25-26,34H,11-13,16,21-24H2,1-10H3/b15-14+,35-30-. The lowest BCUT2D eigenvalue weighted by molar-refractivity contribution is -0.123. The molecule has 1 unspecified atom stereocenters. The molecule has 0 aliphatic carbocycles. The second-order valence-corrected chi connectivity index (χ2v) is 15.9. The molecule has 0 saturated carbocycles. The summed E-state index contributed by atoms with van der Waals surface area (Å²) >= 11 is 0. The molecule has 4 heterocycles. The van der Waals surface area contributed by atoms with Crippen LogP contribution < -0.4 is 4.74 Å². The molecular weight excluding hydrogens is 692 g/mol. The Hall–Kier alpha value is -4.27. The van der Waals surface area contributed by atoms with Crippen LogP contribution in [0.15, 0.2) is 54.2 Å². The van der Waals surface area contributed by atoms with Crippen molar-refractivity contribution in [1.82, 2.24) is 24.6 Å². The lowest BCUT2D eigenvalue weighted by Gasteiger charge is -2.32. The smallest absolute Gasteiger partial charge is 0.476 e. The van der Waals surface area contributed by atoms with Crippen molar-refractivity contribution in [3.63, 3.8) is 0 Å². The fourth-order valence-corrected chi connectivity index (χ4v) is 6.27. The molecule has 0 N–H and O–H groups in total. The summed E-state index contributed by atoms with van der Waals surface area (Å²) in [5, 5.41) is 4.65. The van der Waals surface area contributed by atoms with Crippen molar-refractivity contribution < 1.29 is 37.5 Å². The van der Waals surface area contributed by atoms with Crippen LogP contribution in [-0.4, -0.2) is 101 Å². The average Bonchev–Trinajstić information content (AvgIpc) is 3.55. The van der Waals surface area contributed by atoms with Gasteiger partial charge in [-0.05, 0) is 109 Å². The van der Waals surface area contributed by atoms with Gasteiger partial charge in [-0.15, -0.1) is 5.10 Å². The maximum Gasteiger partial charge on any atom is 0.491 e. The van der Waals surface area contributed by atoms with E-state index in [1.165, 1.54) is 15.9 Å². The van der Waals surface area contributed by atoms with Crippen LogP contribution in [0.1, 0.15) is 98.4 Å². The van der Waals surface area contributed by atoms with Gasteiger partial charge in [0.15, 0.2) is 6.23 Å². The van der Waals surface area contributed by atoms with Crippen molar-refractivity contribution in [2.24, 2.45) is 0 Å². The predicted molar refractivity (Wildman–Crippen MR) is 206 cm³/mol. The highest BCUT2D eigenvalue weighted by molar-refractivity contribution is 6.56. The van der Waals surface area contributed by atoms with Gasteiger partial charge in [-0.3, -0.25) is 4.79 Å². The van der Waals surface area contributed by atoms with Crippen molar-refractivity contribution in [1.29, 1.82) is 0 Å². The Morgan fingerprint density at radius 2 is 1.78 bits per heavy atom. The maximum atomic E-state index is 15.6. The maximum absolute atomic E-state index is 15.6. The number of hydrogen-bond acceptors (Lipinski definition) is 9. The van der Waals surface area contributed by atoms with E-state index in [9.17, 15) is 9.59 Å². The number of halogens is 1. The molecule has 3 aromatic rings. The first-order valence-electron chi connectivity index (χ1n) is 18.7. The zero-order valence-corrected chi connectivity index (χ0v) is 33.4. The highest BCUT2D eigenvalue weighted by atomic mass is 19.1. The Balaban J connectivity index is 1.43. The summed E-state index contributed by atoms with van der Waals surface area (Å²) < 4.78 is 47.8. The molecule has 2 aromatic heterocycles. The number of nitrogens with zero attached hydrogens (tertiary/aromatic N) is 5. The second kappa shape index (κ2) is 16.6. The molecule has 0 radical (unpaired) electrons. The first-order valence-corrected chi connectivity index (χ1v) is 18.7. The van der Waals surface area contributed by atoms with Crippen molar-refractivity contribution >= 4 is 35.6 Å². The molecule has 292 valence electrons. The summed E-state index contributed by atoms with van der Waals surface area (Å²) in [6, 6.07) is 9.35. The average molecular weight is 748 g/mol. The van der Waals surface area contributed by atoms with E-state index in [0.717, 1.165) is 41.4 Å². The number of hydrogen-bond donors (Lipinski definition) is 0. The van der Waals surface area contributed by atoms with Gasteiger partial charge in [-0.2, -0.15) is 4.39 Å². The van der Waals surface area contributed by atoms with Gasteiger partial charge in [0.2, 0.25) is 17.7 Å². The van der Waals surface area contributed by atoms with Gasteiger partial charge in [0, 0.05) is 51.1 Å². The summed E-state index contributed by atoms with van der Waals surface area (Å²) in [5.74, 6) is -0.396. The molecule has 2 aliphatic rings. The van der Waals surface area contributed by atoms with Crippen LogP contribution in [0.3, 0.4) is 0 Å². The van der Waals surface area contributed by atoms with E-state index in [1.807, 2.05) is 58.9 Å². The number of rotatable bonds is 12. The lowest BCUT2D eigenvalue weighted by atomic mass is 9.71. The summed E-state index contributed by atoms with van der Waals surface area (Å²) in [4.78, 5) is 32.6. The van der Waals surface area contributed by atoms with E-state index in [2.05, 4.69) is 10.1 Å². The molecule has 54 heavy (non-hydrogen) atoms. The zero-order valence-electron chi connectivity index (χ0n) is 33.4. The van der Waals surface area contributed by atoms with Crippen molar-refractivity contribution in [2.75, 3.05) is 40.4 Å². The van der Waals surface area contributed by atoms with Crippen molar-refractivity contribution in [2.45, 2.75) is 104 Å². The van der Waals surface area contributed by atoms with Crippen LogP contribution in [0.2, 0.25) is 0 Å². The molecule has 2 amide bonds. The molecule has 0 spiro atoms. The fraction of sp³-hybridized carbons (Fsp3) is 0.550. The minimum Gasteiger partial charge on any atom is -0.476 e. The Morgan fingerprint density at radius 1 is 1.07 bits per heavy atom. The summed E-state index contributed by atoms with van der Waals surface area (Å²) in [7, 11) is 2.67. The van der Waals surface area contributed by atoms with E-state index in [1.54, 1.807) is 57.9 Å². The van der Waals surface area contributed by atoms with Crippen LogP contribution in [0.25, 0.3) is 16.5 Å². The molecule has 2 saturated heterocycles. The first kappa shape index (κ1) is 40.9. The Morgan fingerprint density at radius 3 is 2.37 bits per heavy atom. The van der Waals surface area contributed by atoms with E-state index >= 15 is 4.39 Å². The highest BCUT2D eigenvalue weighted by Gasteiger charge is 2.52. The molecule has 14 heteroatoms. The van der Waals surface area contributed by atoms with Gasteiger partial charge in [0.25, 0.3) is 0 Å². The number of fused-ring (bicyclic) bond motifs is 1. The Labute approximate surface area is 318 Å². The number of carbonyl (C=O) groups excluding carboxylic acids is 2. The summed E-state index contributed by atoms with van der Waals surface area (Å²) in [6.45, 7) is 16.6. The minimum atomic E-state index is -0.694. The third kappa shape index (κ3) is 9.50. The topological polar surface area (TPSA) is 117 Å². The van der Waals surface area contributed by atoms with Crippen LogP contribution in [0.5, 0.6) is 5.88 Å². The van der Waals surface area contributed by atoms with Crippen molar-refractivity contribution in [3.8, 4) is 5.88 Å². The molecule has 5 rings (SSSR count). The lowest BCUT2D eigenvalue weighted by Crippen LogP contribution is -2.41. The van der Waals surface area contributed by atoms with Crippen LogP contribution >= 0.6 is 0 Å². The van der Waals surface area contributed by atoms with E-state index in [4.69, 9.17) is 23.5 Å². The molecule has 12 nitrogen and oxygen atoms in total. The van der Waals surface area contributed by atoms with Gasteiger partial charge in [-0.1, -0.05) is 19.1 Å². The quantitative estimate of drug-likeness (QED) is 0.138. The number of benzene rings is 1. The largest absolute Gasteiger partial charge is 0.491 e. The third-order valence-corrected chi connectivity index (χ3v) is 9.93.